The maximum absolute atomic E-state index is 11.2. The van der Waals surface area contributed by atoms with Crippen molar-refractivity contribution in [3.8, 4) is 0 Å². The molecule has 0 bridgehead atoms. The largest absolute Gasteiger partial charge is 0.295 e. The Kier molecular flexibility index (Phi) is 3.76. The van der Waals surface area contributed by atoms with Crippen LogP contribution in [-0.2, 0) is 11.8 Å². The van der Waals surface area contributed by atoms with Gasteiger partial charge in [-0.2, -0.15) is 0 Å². The first-order valence-electron chi connectivity index (χ1n) is 3.93. The highest BCUT2D eigenvalue weighted by Crippen LogP contribution is 2.16. The van der Waals surface area contributed by atoms with Crippen LogP contribution in [0.3, 0.4) is 0 Å². The van der Waals surface area contributed by atoms with E-state index in [4.69, 9.17) is 23.2 Å². The van der Waals surface area contributed by atoms with Gasteiger partial charge in [0.1, 0.15) is 0 Å². The molecule has 0 amide bonds. The van der Waals surface area contributed by atoms with E-state index in [1.54, 1.807) is 6.07 Å². The van der Waals surface area contributed by atoms with Gasteiger partial charge in [-0.25, -0.2) is 0 Å². The molecule has 13 heavy (non-hydrogen) atoms. The minimum Gasteiger partial charge on any atom is -0.295 e. The fraction of sp³-hybridized carbons (Fsp3) is 0.300. The summed E-state index contributed by atoms with van der Waals surface area (Å²) in [4.78, 5) is 11.2. The van der Waals surface area contributed by atoms with Crippen LogP contribution in [-0.4, -0.2) is 5.78 Å². The van der Waals surface area contributed by atoms with Gasteiger partial charge in [-0.1, -0.05) is 12.1 Å². The Balaban J connectivity index is 3.18. The van der Waals surface area contributed by atoms with E-state index >= 15 is 0 Å². The Labute approximate surface area is 87.7 Å². The van der Waals surface area contributed by atoms with E-state index in [0.29, 0.717) is 17.3 Å². The van der Waals surface area contributed by atoms with Crippen molar-refractivity contribution in [2.24, 2.45) is 0 Å². The van der Waals surface area contributed by atoms with Gasteiger partial charge in [-0.05, 0) is 24.1 Å². The molecule has 0 saturated heterocycles. The summed E-state index contributed by atoms with van der Waals surface area (Å²) in [5, 5.41) is 0. The van der Waals surface area contributed by atoms with Crippen LogP contribution in [0.25, 0.3) is 0 Å². The summed E-state index contributed by atoms with van der Waals surface area (Å²) in [7, 11) is 0. The minimum atomic E-state index is 0.0302. The number of alkyl halides is 2. The summed E-state index contributed by atoms with van der Waals surface area (Å²) < 4.78 is 0. The summed E-state index contributed by atoms with van der Waals surface area (Å²) in [6.45, 7) is 1.53. The number of carbonyl (C=O) groups is 1. The van der Waals surface area contributed by atoms with Crippen LogP contribution in [0, 0.1) is 0 Å². The summed E-state index contributed by atoms with van der Waals surface area (Å²) in [5.74, 6) is 0.808. The zero-order valence-electron chi connectivity index (χ0n) is 7.31. The Morgan fingerprint density at radius 3 is 2.46 bits per heavy atom. The second-order valence-electron chi connectivity index (χ2n) is 2.81. The second kappa shape index (κ2) is 4.64. The van der Waals surface area contributed by atoms with Crippen LogP contribution >= 0.6 is 23.2 Å². The van der Waals surface area contributed by atoms with Crippen molar-refractivity contribution in [1.29, 1.82) is 0 Å². The molecule has 0 N–H and O–H groups in total. The number of halogens is 2. The first kappa shape index (κ1) is 10.6. The molecule has 1 rings (SSSR count). The van der Waals surface area contributed by atoms with Crippen LogP contribution in [0.5, 0.6) is 0 Å². The Morgan fingerprint density at radius 2 is 2.00 bits per heavy atom. The lowest BCUT2D eigenvalue weighted by molar-refractivity contribution is 0.101. The third-order valence-corrected chi connectivity index (χ3v) is 2.45. The summed E-state index contributed by atoms with van der Waals surface area (Å²) in [6.07, 6.45) is 0. The van der Waals surface area contributed by atoms with Crippen molar-refractivity contribution >= 4 is 29.0 Å². The summed E-state index contributed by atoms with van der Waals surface area (Å²) >= 11 is 11.3. The molecule has 0 heterocycles. The van der Waals surface area contributed by atoms with Crippen molar-refractivity contribution < 1.29 is 4.79 Å². The molecule has 1 aromatic carbocycles. The van der Waals surface area contributed by atoms with E-state index in [1.165, 1.54) is 6.92 Å². The standard InChI is InChI=1S/C10H10Cl2O/c1-7(13)10-4-8(5-11)2-3-9(10)6-12/h2-4H,5-6H2,1H3. The third-order valence-electron chi connectivity index (χ3n) is 1.85. The molecule has 0 saturated carbocycles. The highest BCUT2D eigenvalue weighted by Gasteiger charge is 2.06. The second-order valence-corrected chi connectivity index (χ2v) is 3.35. The molecule has 0 spiro atoms. The van der Waals surface area contributed by atoms with Gasteiger partial charge in [0.2, 0.25) is 0 Å². The van der Waals surface area contributed by atoms with Crippen LogP contribution in [0.1, 0.15) is 28.4 Å². The van der Waals surface area contributed by atoms with Gasteiger partial charge >= 0.3 is 0 Å². The third kappa shape index (κ3) is 2.45. The fourth-order valence-corrected chi connectivity index (χ4v) is 1.55. The average molecular weight is 217 g/mol. The van der Waals surface area contributed by atoms with Gasteiger partial charge < -0.3 is 0 Å². The van der Waals surface area contributed by atoms with Gasteiger partial charge in [-0.3, -0.25) is 4.79 Å². The van der Waals surface area contributed by atoms with Crippen LogP contribution in [0.2, 0.25) is 0 Å². The fourth-order valence-electron chi connectivity index (χ4n) is 1.15. The maximum atomic E-state index is 11.2. The number of hydrogen-bond donors (Lipinski definition) is 0. The van der Waals surface area contributed by atoms with E-state index in [1.807, 2.05) is 12.1 Å². The molecule has 0 aliphatic carbocycles. The summed E-state index contributed by atoms with van der Waals surface area (Å²) in [6, 6.07) is 5.53. The smallest absolute Gasteiger partial charge is 0.160 e. The Bertz CT molecular complexity index is 321. The van der Waals surface area contributed by atoms with Gasteiger partial charge in [0.25, 0.3) is 0 Å². The van der Waals surface area contributed by atoms with Crippen molar-refractivity contribution in [3.63, 3.8) is 0 Å². The van der Waals surface area contributed by atoms with Gasteiger partial charge in [0, 0.05) is 17.3 Å². The molecule has 0 aliphatic rings. The van der Waals surface area contributed by atoms with Crippen molar-refractivity contribution in [1.82, 2.24) is 0 Å². The lowest BCUT2D eigenvalue weighted by Crippen LogP contribution is -1.98. The zero-order valence-corrected chi connectivity index (χ0v) is 8.82. The molecule has 0 aliphatic heterocycles. The molecular weight excluding hydrogens is 207 g/mol. The molecule has 1 nitrogen and oxygen atoms in total. The molecule has 0 fully saturated rings. The van der Waals surface area contributed by atoms with Crippen LogP contribution < -0.4 is 0 Å². The molecule has 3 heteroatoms. The predicted molar refractivity (Wildman–Crippen MR) is 55.6 cm³/mol. The molecule has 0 unspecified atom stereocenters. The van der Waals surface area contributed by atoms with Crippen molar-refractivity contribution in [2.75, 3.05) is 0 Å². The number of benzene rings is 1. The summed E-state index contributed by atoms with van der Waals surface area (Å²) in [5.41, 5.74) is 2.48. The predicted octanol–water partition coefficient (Wildman–Crippen LogP) is 3.37. The van der Waals surface area contributed by atoms with E-state index in [0.717, 1.165) is 11.1 Å². The highest BCUT2D eigenvalue weighted by molar-refractivity contribution is 6.18. The number of carbonyl (C=O) groups excluding carboxylic acids is 1. The number of ketones is 1. The van der Waals surface area contributed by atoms with Crippen molar-refractivity contribution in [2.45, 2.75) is 18.7 Å². The molecule has 1 aromatic rings. The normalized spacial score (nSPS) is 10.1. The van der Waals surface area contributed by atoms with Gasteiger partial charge in [-0.15, -0.1) is 23.2 Å². The first-order valence-corrected chi connectivity index (χ1v) is 5.00. The number of hydrogen-bond acceptors (Lipinski definition) is 1. The van der Waals surface area contributed by atoms with E-state index in [2.05, 4.69) is 0 Å². The number of rotatable bonds is 3. The quantitative estimate of drug-likeness (QED) is 0.560. The zero-order chi connectivity index (χ0) is 9.84. The monoisotopic (exact) mass is 216 g/mol. The molecular formula is C10H10Cl2O. The number of Topliss-reactive ketones (excluding diaryl/α,β-unsaturated/α-hetero) is 1. The highest BCUT2D eigenvalue weighted by atomic mass is 35.5. The minimum absolute atomic E-state index is 0.0302. The Hall–Kier alpha value is -0.530. The molecule has 70 valence electrons. The Morgan fingerprint density at radius 1 is 1.31 bits per heavy atom. The lowest BCUT2D eigenvalue weighted by atomic mass is 10.0. The van der Waals surface area contributed by atoms with Gasteiger partial charge in [0.05, 0.1) is 0 Å². The topological polar surface area (TPSA) is 17.1 Å². The molecule has 0 aromatic heterocycles. The van der Waals surface area contributed by atoms with E-state index in [9.17, 15) is 4.79 Å². The van der Waals surface area contributed by atoms with Gasteiger partial charge in [0.15, 0.2) is 5.78 Å². The average Bonchev–Trinajstić information content (AvgIpc) is 2.16. The maximum Gasteiger partial charge on any atom is 0.160 e. The lowest BCUT2D eigenvalue weighted by Gasteiger charge is -2.04. The molecule has 0 atom stereocenters. The van der Waals surface area contributed by atoms with Crippen LogP contribution in [0.15, 0.2) is 18.2 Å². The van der Waals surface area contributed by atoms with E-state index < -0.39 is 0 Å². The SMILES string of the molecule is CC(=O)c1cc(CCl)ccc1CCl. The molecule has 0 radical (unpaired) electrons. The van der Waals surface area contributed by atoms with E-state index in [-0.39, 0.29) is 5.78 Å². The van der Waals surface area contributed by atoms with Crippen LogP contribution in [0.4, 0.5) is 0 Å². The van der Waals surface area contributed by atoms with Crippen molar-refractivity contribution in [3.05, 3.63) is 34.9 Å². The first-order chi connectivity index (χ1) is 6.19.